The molecular formula is C14H17NO5. The second-order valence-electron chi connectivity index (χ2n) is 3.99. The molecular weight excluding hydrogens is 262 g/mol. The van der Waals surface area contributed by atoms with Gasteiger partial charge in [0.2, 0.25) is 0 Å². The summed E-state index contributed by atoms with van der Waals surface area (Å²) in [5.41, 5.74) is 0.261. The molecule has 1 atom stereocenters. The summed E-state index contributed by atoms with van der Waals surface area (Å²) in [6, 6.07) is 3.61. The van der Waals surface area contributed by atoms with E-state index in [0.717, 1.165) is 0 Å². The van der Waals surface area contributed by atoms with Crippen LogP contribution in [0, 0.1) is 0 Å². The first kappa shape index (κ1) is 15.6. The van der Waals surface area contributed by atoms with Crippen molar-refractivity contribution in [2.24, 2.45) is 0 Å². The van der Waals surface area contributed by atoms with Crippen LogP contribution in [0.5, 0.6) is 11.5 Å². The molecule has 1 aromatic rings. The van der Waals surface area contributed by atoms with E-state index in [9.17, 15) is 9.59 Å². The Bertz CT molecular complexity index is 490. The van der Waals surface area contributed by atoms with Crippen molar-refractivity contribution in [1.29, 1.82) is 0 Å². The number of hydrogen-bond acceptors (Lipinski definition) is 4. The lowest BCUT2D eigenvalue weighted by Crippen LogP contribution is -2.40. The Morgan fingerprint density at radius 1 is 1.30 bits per heavy atom. The van der Waals surface area contributed by atoms with Gasteiger partial charge in [0.1, 0.15) is 17.5 Å². The molecule has 0 radical (unpaired) electrons. The second-order valence-corrected chi connectivity index (χ2v) is 3.99. The largest absolute Gasteiger partial charge is 0.497 e. The van der Waals surface area contributed by atoms with Crippen LogP contribution in [-0.2, 0) is 4.79 Å². The summed E-state index contributed by atoms with van der Waals surface area (Å²) in [6.07, 6.45) is 1.58. The highest BCUT2D eigenvalue weighted by atomic mass is 16.5. The molecule has 6 heteroatoms. The standard InChI is InChI=1S/C14H17NO5/c1-4-5-12(14(17)18)15-13(16)9-6-10(19-2)8-11(7-9)20-3/h4,6-8,12H,1,5H2,2-3H3,(H,15,16)(H,17,18). The minimum absolute atomic E-state index is 0.141. The fourth-order valence-corrected chi connectivity index (χ4v) is 1.57. The number of rotatable bonds is 7. The van der Waals surface area contributed by atoms with Gasteiger partial charge in [-0.3, -0.25) is 4.79 Å². The summed E-state index contributed by atoms with van der Waals surface area (Å²) in [7, 11) is 2.93. The summed E-state index contributed by atoms with van der Waals surface area (Å²) in [4.78, 5) is 23.0. The van der Waals surface area contributed by atoms with Crippen molar-refractivity contribution in [3.05, 3.63) is 36.4 Å². The van der Waals surface area contributed by atoms with E-state index in [1.165, 1.54) is 32.4 Å². The van der Waals surface area contributed by atoms with Crippen molar-refractivity contribution in [3.8, 4) is 11.5 Å². The fraction of sp³-hybridized carbons (Fsp3) is 0.286. The van der Waals surface area contributed by atoms with Crippen LogP contribution in [0.3, 0.4) is 0 Å². The molecule has 0 aliphatic carbocycles. The summed E-state index contributed by atoms with van der Waals surface area (Å²) in [6.45, 7) is 3.46. The van der Waals surface area contributed by atoms with Gasteiger partial charge in [-0.05, 0) is 18.6 Å². The van der Waals surface area contributed by atoms with E-state index in [4.69, 9.17) is 14.6 Å². The number of hydrogen-bond donors (Lipinski definition) is 2. The Morgan fingerprint density at radius 2 is 1.85 bits per heavy atom. The highest BCUT2D eigenvalue weighted by molar-refractivity contribution is 5.97. The molecule has 2 N–H and O–H groups in total. The maximum atomic E-state index is 12.1. The van der Waals surface area contributed by atoms with Gasteiger partial charge in [0.15, 0.2) is 0 Å². The molecule has 0 saturated heterocycles. The normalized spacial score (nSPS) is 11.3. The van der Waals surface area contributed by atoms with Crippen LogP contribution < -0.4 is 14.8 Å². The zero-order chi connectivity index (χ0) is 15.1. The van der Waals surface area contributed by atoms with Crippen LogP contribution in [0.2, 0.25) is 0 Å². The van der Waals surface area contributed by atoms with Crippen LogP contribution in [0.25, 0.3) is 0 Å². The van der Waals surface area contributed by atoms with Crippen molar-refractivity contribution in [2.75, 3.05) is 14.2 Å². The zero-order valence-electron chi connectivity index (χ0n) is 11.4. The minimum atomic E-state index is -1.12. The lowest BCUT2D eigenvalue weighted by molar-refractivity contribution is -0.139. The van der Waals surface area contributed by atoms with E-state index in [1.807, 2.05) is 0 Å². The maximum Gasteiger partial charge on any atom is 0.326 e. The second kappa shape index (κ2) is 7.18. The predicted molar refractivity (Wildman–Crippen MR) is 73.3 cm³/mol. The third-order valence-corrected chi connectivity index (χ3v) is 2.62. The van der Waals surface area contributed by atoms with Crippen LogP contribution >= 0.6 is 0 Å². The Hall–Kier alpha value is -2.50. The monoisotopic (exact) mass is 279 g/mol. The molecule has 108 valence electrons. The van der Waals surface area contributed by atoms with Crippen molar-refractivity contribution in [1.82, 2.24) is 5.32 Å². The van der Waals surface area contributed by atoms with Gasteiger partial charge in [-0.1, -0.05) is 6.08 Å². The van der Waals surface area contributed by atoms with E-state index >= 15 is 0 Å². The van der Waals surface area contributed by atoms with Crippen LogP contribution in [0.15, 0.2) is 30.9 Å². The molecule has 20 heavy (non-hydrogen) atoms. The molecule has 1 unspecified atom stereocenters. The number of carboxylic acids is 1. The molecule has 0 spiro atoms. The average Bonchev–Trinajstić information content (AvgIpc) is 2.45. The Balaban J connectivity index is 2.95. The van der Waals surface area contributed by atoms with Crippen LogP contribution in [0.4, 0.5) is 0 Å². The number of carboxylic acid groups (broad SMARTS) is 1. The molecule has 1 rings (SSSR count). The topological polar surface area (TPSA) is 84.9 Å². The Morgan fingerprint density at radius 3 is 2.25 bits per heavy atom. The van der Waals surface area contributed by atoms with E-state index < -0.39 is 17.9 Å². The maximum absolute atomic E-state index is 12.1. The first-order chi connectivity index (χ1) is 9.51. The summed E-state index contributed by atoms with van der Waals surface area (Å²) in [5, 5.41) is 11.4. The number of methoxy groups -OCH3 is 2. The van der Waals surface area contributed by atoms with Crippen molar-refractivity contribution >= 4 is 11.9 Å². The molecule has 1 aromatic carbocycles. The number of carbonyl (C=O) groups is 2. The Kier molecular flexibility index (Phi) is 5.58. The zero-order valence-corrected chi connectivity index (χ0v) is 11.4. The quantitative estimate of drug-likeness (QED) is 0.738. The predicted octanol–water partition coefficient (Wildman–Crippen LogP) is 1.46. The number of carbonyl (C=O) groups excluding carboxylic acids is 1. The number of amides is 1. The molecule has 1 amide bonds. The van der Waals surface area contributed by atoms with Gasteiger partial charge in [0, 0.05) is 11.6 Å². The van der Waals surface area contributed by atoms with Gasteiger partial charge < -0.3 is 19.9 Å². The van der Waals surface area contributed by atoms with Crippen molar-refractivity contribution in [3.63, 3.8) is 0 Å². The van der Waals surface area contributed by atoms with E-state index in [2.05, 4.69) is 11.9 Å². The molecule has 0 heterocycles. The molecule has 0 fully saturated rings. The summed E-state index contributed by atoms with van der Waals surface area (Å²) in [5.74, 6) is -0.736. The Labute approximate surface area is 117 Å². The van der Waals surface area contributed by atoms with Crippen LogP contribution in [0.1, 0.15) is 16.8 Å². The summed E-state index contributed by atoms with van der Waals surface area (Å²) >= 11 is 0. The lowest BCUT2D eigenvalue weighted by Gasteiger charge is -2.13. The molecule has 0 bridgehead atoms. The number of aliphatic carboxylic acids is 1. The molecule has 0 aliphatic rings. The lowest BCUT2D eigenvalue weighted by atomic mass is 10.1. The van der Waals surface area contributed by atoms with Gasteiger partial charge in [0.05, 0.1) is 14.2 Å². The smallest absolute Gasteiger partial charge is 0.326 e. The van der Waals surface area contributed by atoms with Gasteiger partial charge in [-0.15, -0.1) is 6.58 Å². The van der Waals surface area contributed by atoms with Gasteiger partial charge in [-0.2, -0.15) is 0 Å². The molecule has 6 nitrogen and oxygen atoms in total. The van der Waals surface area contributed by atoms with Gasteiger partial charge >= 0.3 is 5.97 Å². The third kappa shape index (κ3) is 4.01. The summed E-state index contributed by atoms with van der Waals surface area (Å²) < 4.78 is 10.1. The first-order valence-corrected chi connectivity index (χ1v) is 5.89. The molecule has 0 aliphatic heterocycles. The number of nitrogens with one attached hydrogen (secondary N) is 1. The SMILES string of the molecule is C=CCC(NC(=O)c1cc(OC)cc(OC)c1)C(=O)O. The minimum Gasteiger partial charge on any atom is -0.497 e. The third-order valence-electron chi connectivity index (χ3n) is 2.62. The van der Waals surface area contributed by atoms with Crippen LogP contribution in [-0.4, -0.2) is 37.2 Å². The van der Waals surface area contributed by atoms with Gasteiger partial charge in [-0.25, -0.2) is 4.79 Å². The highest BCUT2D eigenvalue weighted by Crippen LogP contribution is 2.22. The van der Waals surface area contributed by atoms with Crippen molar-refractivity contribution in [2.45, 2.75) is 12.5 Å². The molecule has 0 saturated carbocycles. The number of benzene rings is 1. The molecule has 0 aromatic heterocycles. The fourth-order valence-electron chi connectivity index (χ4n) is 1.57. The van der Waals surface area contributed by atoms with E-state index in [0.29, 0.717) is 11.5 Å². The van der Waals surface area contributed by atoms with E-state index in [-0.39, 0.29) is 12.0 Å². The van der Waals surface area contributed by atoms with Gasteiger partial charge in [0.25, 0.3) is 5.91 Å². The van der Waals surface area contributed by atoms with Crippen molar-refractivity contribution < 1.29 is 24.2 Å². The number of ether oxygens (including phenoxy) is 2. The first-order valence-electron chi connectivity index (χ1n) is 5.89. The van der Waals surface area contributed by atoms with E-state index in [1.54, 1.807) is 6.07 Å². The highest BCUT2D eigenvalue weighted by Gasteiger charge is 2.20. The average molecular weight is 279 g/mol.